The van der Waals surface area contributed by atoms with Gasteiger partial charge >= 0.3 is 6.03 Å². The molecule has 1 aromatic carbocycles. The number of benzene rings is 1. The van der Waals surface area contributed by atoms with E-state index in [4.69, 9.17) is 9.26 Å². The van der Waals surface area contributed by atoms with Crippen LogP contribution in [0.4, 0.5) is 4.79 Å². The minimum Gasteiger partial charge on any atom is -0.497 e. The Hall–Kier alpha value is -2.57. The van der Waals surface area contributed by atoms with E-state index in [2.05, 4.69) is 15.5 Å². The molecule has 0 aliphatic carbocycles. The van der Waals surface area contributed by atoms with Crippen molar-refractivity contribution in [3.63, 3.8) is 0 Å². The first-order chi connectivity index (χ1) is 12.4. The number of methoxy groups -OCH3 is 1. The molecular formula is C19H26N4O3. The molecular weight excluding hydrogens is 332 g/mol. The number of aromatic nitrogens is 2. The lowest BCUT2D eigenvalue weighted by Gasteiger charge is -2.33. The fraction of sp³-hybridized carbons (Fsp3) is 0.526. The van der Waals surface area contributed by atoms with E-state index in [9.17, 15) is 4.79 Å². The second-order valence-corrected chi connectivity index (χ2v) is 7.65. The molecule has 0 spiro atoms. The van der Waals surface area contributed by atoms with Gasteiger partial charge in [-0.15, -0.1) is 0 Å². The Bertz CT molecular complexity index is 749. The largest absolute Gasteiger partial charge is 0.497 e. The Labute approximate surface area is 153 Å². The molecule has 2 heterocycles. The highest BCUT2D eigenvalue weighted by atomic mass is 16.5. The Morgan fingerprint density at radius 3 is 2.69 bits per heavy atom. The van der Waals surface area contributed by atoms with Gasteiger partial charge in [-0.2, -0.15) is 4.98 Å². The van der Waals surface area contributed by atoms with E-state index in [0.717, 1.165) is 30.7 Å². The smallest absolute Gasteiger partial charge is 0.317 e. The van der Waals surface area contributed by atoms with Gasteiger partial charge in [0.05, 0.1) is 13.0 Å². The van der Waals surface area contributed by atoms with Gasteiger partial charge in [0.1, 0.15) is 5.75 Å². The zero-order chi connectivity index (χ0) is 18.7. The molecule has 1 aromatic heterocycles. The molecule has 140 valence electrons. The van der Waals surface area contributed by atoms with Gasteiger partial charge in [0.25, 0.3) is 0 Å². The third-order valence-electron chi connectivity index (χ3n) is 4.33. The summed E-state index contributed by atoms with van der Waals surface area (Å²) in [6.45, 7) is 7.27. The van der Waals surface area contributed by atoms with Gasteiger partial charge < -0.3 is 19.5 Å². The molecule has 0 bridgehead atoms. The number of carbonyl (C=O) groups excluding carboxylic acids is 1. The van der Waals surface area contributed by atoms with Crippen molar-refractivity contribution < 1.29 is 14.1 Å². The predicted molar refractivity (Wildman–Crippen MR) is 98.1 cm³/mol. The van der Waals surface area contributed by atoms with Crippen LogP contribution in [0.5, 0.6) is 5.75 Å². The number of hydrogen-bond acceptors (Lipinski definition) is 5. The third kappa shape index (κ3) is 4.33. The van der Waals surface area contributed by atoms with Crippen LogP contribution in [0.1, 0.15) is 45.4 Å². The van der Waals surface area contributed by atoms with Gasteiger partial charge in [-0.1, -0.05) is 5.16 Å². The molecule has 26 heavy (non-hydrogen) atoms. The number of ether oxygens (including phenoxy) is 1. The second-order valence-electron chi connectivity index (χ2n) is 7.65. The molecule has 7 heteroatoms. The van der Waals surface area contributed by atoms with E-state index in [1.54, 1.807) is 7.11 Å². The molecule has 2 amide bonds. The van der Waals surface area contributed by atoms with Crippen molar-refractivity contribution in [2.24, 2.45) is 0 Å². The first kappa shape index (κ1) is 18.2. The van der Waals surface area contributed by atoms with E-state index in [1.807, 2.05) is 49.9 Å². The number of piperidine rings is 1. The number of nitrogens with zero attached hydrogens (tertiary/aromatic N) is 3. The zero-order valence-corrected chi connectivity index (χ0v) is 15.8. The number of nitrogens with one attached hydrogen (secondary N) is 1. The average molecular weight is 358 g/mol. The molecule has 7 nitrogen and oxygen atoms in total. The zero-order valence-electron chi connectivity index (χ0n) is 15.8. The van der Waals surface area contributed by atoms with Crippen LogP contribution in [-0.4, -0.2) is 46.8 Å². The molecule has 2 aromatic rings. The van der Waals surface area contributed by atoms with Gasteiger partial charge in [-0.3, -0.25) is 0 Å². The molecule has 3 rings (SSSR count). The Balaban J connectivity index is 1.69. The van der Waals surface area contributed by atoms with Crippen molar-refractivity contribution in [1.29, 1.82) is 0 Å². The predicted octanol–water partition coefficient (Wildman–Crippen LogP) is 3.43. The molecule has 1 fully saturated rings. The maximum Gasteiger partial charge on any atom is 0.317 e. The molecule has 1 aliphatic heterocycles. The van der Waals surface area contributed by atoms with Crippen molar-refractivity contribution in [3.8, 4) is 17.1 Å². The minimum absolute atomic E-state index is 0.0444. The monoisotopic (exact) mass is 358 g/mol. The molecule has 0 radical (unpaired) electrons. The molecule has 1 saturated heterocycles. The van der Waals surface area contributed by atoms with Crippen LogP contribution in [0.2, 0.25) is 0 Å². The van der Waals surface area contributed by atoms with E-state index in [0.29, 0.717) is 18.3 Å². The molecule has 1 unspecified atom stereocenters. The van der Waals surface area contributed by atoms with Crippen LogP contribution < -0.4 is 10.1 Å². The first-order valence-corrected chi connectivity index (χ1v) is 8.91. The molecule has 1 N–H and O–H groups in total. The topological polar surface area (TPSA) is 80.5 Å². The van der Waals surface area contributed by atoms with Gasteiger partial charge in [0, 0.05) is 24.2 Å². The standard InChI is InChI=1S/C19H26N4O3/c1-19(2,3)21-18(24)23-11-5-6-14(12-23)17-20-16(22-26-17)13-7-9-15(25-4)10-8-13/h7-10,14H,5-6,11-12H2,1-4H3,(H,21,24). The number of urea groups is 1. The molecule has 0 saturated carbocycles. The summed E-state index contributed by atoms with van der Waals surface area (Å²) in [7, 11) is 1.63. The Morgan fingerprint density at radius 2 is 2.04 bits per heavy atom. The first-order valence-electron chi connectivity index (χ1n) is 8.91. The lowest BCUT2D eigenvalue weighted by atomic mass is 9.98. The van der Waals surface area contributed by atoms with Crippen LogP contribution in [-0.2, 0) is 0 Å². The summed E-state index contributed by atoms with van der Waals surface area (Å²) in [6, 6.07) is 7.49. The number of amides is 2. The van der Waals surface area contributed by atoms with E-state index < -0.39 is 0 Å². The highest BCUT2D eigenvalue weighted by Crippen LogP contribution is 2.28. The van der Waals surface area contributed by atoms with Gasteiger partial charge in [0.2, 0.25) is 11.7 Å². The van der Waals surface area contributed by atoms with Crippen LogP contribution in [0.3, 0.4) is 0 Å². The van der Waals surface area contributed by atoms with Gasteiger partial charge in [-0.05, 0) is 57.9 Å². The molecule has 1 atom stereocenters. The number of hydrogen-bond donors (Lipinski definition) is 1. The number of likely N-dealkylation sites (tertiary alicyclic amines) is 1. The lowest BCUT2D eigenvalue weighted by molar-refractivity contribution is 0.164. The van der Waals surface area contributed by atoms with Crippen molar-refractivity contribution in [2.75, 3.05) is 20.2 Å². The Morgan fingerprint density at radius 1 is 1.31 bits per heavy atom. The second kappa shape index (κ2) is 7.35. The molecule has 1 aliphatic rings. The maximum atomic E-state index is 12.4. The van der Waals surface area contributed by atoms with Crippen molar-refractivity contribution in [2.45, 2.75) is 45.1 Å². The van der Waals surface area contributed by atoms with Gasteiger partial charge in [-0.25, -0.2) is 4.79 Å². The van der Waals surface area contributed by atoms with Crippen LogP contribution in [0.15, 0.2) is 28.8 Å². The summed E-state index contributed by atoms with van der Waals surface area (Å²) in [6.07, 6.45) is 1.85. The lowest BCUT2D eigenvalue weighted by Crippen LogP contribution is -2.51. The van der Waals surface area contributed by atoms with Crippen molar-refractivity contribution in [3.05, 3.63) is 30.2 Å². The van der Waals surface area contributed by atoms with Crippen LogP contribution >= 0.6 is 0 Å². The average Bonchev–Trinajstić information content (AvgIpc) is 3.10. The van der Waals surface area contributed by atoms with Crippen molar-refractivity contribution in [1.82, 2.24) is 20.4 Å². The summed E-state index contributed by atoms with van der Waals surface area (Å²) in [5, 5.41) is 7.11. The van der Waals surface area contributed by atoms with Crippen LogP contribution in [0.25, 0.3) is 11.4 Å². The normalized spacial score (nSPS) is 17.8. The highest BCUT2D eigenvalue weighted by Gasteiger charge is 2.30. The van der Waals surface area contributed by atoms with Crippen molar-refractivity contribution >= 4 is 6.03 Å². The summed E-state index contributed by atoms with van der Waals surface area (Å²) in [5.74, 6) is 1.99. The van der Waals surface area contributed by atoms with E-state index in [-0.39, 0.29) is 17.5 Å². The summed E-state index contributed by atoms with van der Waals surface area (Å²) in [4.78, 5) is 18.8. The van der Waals surface area contributed by atoms with E-state index >= 15 is 0 Å². The third-order valence-corrected chi connectivity index (χ3v) is 4.33. The highest BCUT2D eigenvalue weighted by molar-refractivity contribution is 5.75. The van der Waals surface area contributed by atoms with Crippen LogP contribution in [0, 0.1) is 0 Å². The fourth-order valence-corrected chi connectivity index (χ4v) is 3.02. The summed E-state index contributed by atoms with van der Waals surface area (Å²) in [5.41, 5.74) is 0.620. The quantitative estimate of drug-likeness (QED) is 0.909. The summed E-state index contributed by atoms with van der Waals surface area (Å²) >= 11 is 0. The fourth-order valence-electron chi connectivity index (χ4n) is 3.02. The SMILES string of the molecule is COc1ccc(-c2noc(C3CCCN(C(=O)NC(C)(C)C)C3)n2)cc1. The minimum atomic E-state index is -0.254. The Kier molecular flexibility index (Phi) is 5.15. The van der Waals surface area contributed by atoms with E-state index in [1.165, 1.54) is 0 Å². The van der Waals surface area contributed by atoms with Gasteiger partial charge in [0.15, 0.2) is 0 Å². The summed E-state index contributed by atoms with van der Waals surface area (Å²) < 4.78 is 10.7. The number of rotatable bonds is 3. The number of carbonyl (C=O) groups is 1. The maximum absolute atomic E-state index is 12.4.